The Morgan fingerprint density at radius 3 is 2.45 bits per heavy atom. The van der Waals surface area contributed by atoms with Gasteiger partial charge in [-0.15, -0.1) is 4.91 Å². The van der Waals surface area contributed by atoms with E-state index in [0.29, 0.717) is 43.1 Å². The number of ether oxygens (including phenoxy) is 1. The molecule has 8 heteroatoms. The molecule has 1 aromatic heterocycles. The molecular formula is C25H21BrN4O3. The van der Waals surface area contributed by atoms with Gasteiger partial charge in [0.15, 0.2) is 0 Å². The quantitative estimate of drug-likeness (QED) is 0.349. The van der Waals surface area contributed by atoms with E-state index in [2.05, 4.69) is 26.0 Å². The number of anilines is 1. The number of hydrogen-bond donors (Lipinski definition) is 0. The third-order valence-corrected chi connectivity index (χ3v) is 6.45. The van der Waals surface area contributed by atoms with Crippen molar-refractivity contribution in [3.63, 3.8) is 0 Å². The first-order valence-electron chi connectivity index (χ1n) is 10.7. The fraction of sp³-hybridized carbons (Fsp3) is 0.200. The highest BCUT2D eigenvalue weighted by atomic mass is 79.9. The normalized spacial score (nSPS) is 13.9. The Morgan fingerprint density at radius 2 is 1.73 bits per heavy atom. The fourth-order valence-electron chi connectivity index (χ4n) is 4.19. The number of rotatable bonds is 4. The summed E-state index contributed by atoms with van der Waals surface area (Å²) in [6.07, 6.45) is 0. The van der Waals surface area contributed by atoms with Crippen molar-refractivity contribution in [2.45, 2.75) is 6.92 Å². The van der Waals surface area contributed by atoms with E-state index >= 15 is 0 Å². The van der Waals surface area contributed by atoms with E-state index in [0.717, 1.165) is 26.7 Å². The Kier molecular flexibility index (Phi) is 5.78. The number of halogens is 1. The van der Waals surface area contributed by atoms with Gasteiger partial charge in [-0.1, -0.05) is 42.0 Å². The van der Waals surface area contributed by atoms with Crippen molar-refractivity contribution in [1.82, 2.24) is 9.78 Å². The van der Waals surface area contributed by atoms with E-state index in [1.54, 1.807) is 18.2 Å². The highest BCUT2D eigenvalue weighted by Crippen LogP contribution is 2.36. The molecule has 4 aromatic rings. The number of nitroso groups, excluding NO2 is 1. The minimum atomic E-state index is -0.304. The summed E-state index contributed by atoms with van der Waals surface area (Å²) in [5, 5.41) is 9.25. The van der Waals surface area contributed by atoms with Crippen LogP contribution in [-0.4, -0.2) is 36.1 Å². The van der Waals surface area contributed by atoms with Gasteiger partial charge in [0.1, 0.15) is 11.4 Å². The van der Waals surface area contributed by atoms with Crippen molar-refractivity contribution in [2.24, 2.45) is 5.18 Å². The molecule has 1 saturated heterocycles. The van der Waals surface area contributed by atoms with Gasteiger partial charge in [-0.05, 0) is 52.3 Å². The van der Waals surface area contributed by atoms with Crippen LogP contribution in [0, 0.1) is 11.8 Å². The third kappa shape index (κ3) is 3.96. The van der Waals surface area contributed by atoms with Crippen LogP contribution in [0.25, 0.3) is 27.7 Å². The van der Waals surface area contributed by atoms with Crippen LogP contribution in [0.3, 0.4) is 0 Å². The second-order valence-corrected chi connectivity index (χ2v) is 8.82. The first-order chi connectivity index (χ1) is 16.1. The summed E-state index contributed by atoms with van der Waals surface area (Å²) < 4.78 is 7.50. The molecule has 0 aliphatic carbocycles. The van der Waals surface area contributed by atoms with Crippen molar-refractivity contribution in [3.8, 4) is 16.9 Å². The fourth-order valence-corrected chi connectivity index (χ4v) is 4.77. The van der Waals surface area contributed by atoms with E-state index in [4.69, 9.17) is 9.84 Å². The molecule has 3 aromatic carbocycles. The summed E-state index contributed by atoms with van der Waals surface area (Å²) in [6, 6.07) is 18.8. The molecule has 0 bridgehead atoms. The zero-order valence-corrected chi connectivity index (χ0v) is 19.6. The molecule has 0 atom stereocenters. The Bertz CT molecular complexity index is 1430. The third-order valence-electron chi connectivity index (χ3n) is 5.82. The summed E-state index contributed by atoms with van der Waals surface area (Å²) in [5.74, 6) is 0. The minimum absolute atomic E-state index is 0.138. The summed E-state index contributed by atoms with van der Waals surface area (Å²) >= 11 is 3.56. The lowest BCUT2D eigenvalue weighted by Crippen LogP contribution is -2.36. The van der Waals surface area contributed by atoms with Gasteiger partial charge in [0, 0.05) is 28.5 Å². The van der Waals surface area contributed by atoms with Crippen molar-refractivity contribution in [3.05, 3.63) is 86.0 Å². The second-order valence-electron chi connectivity index (χ2n) is 7.96. The molecule has 166 valence electrons. The lowest BCUT2D eigenvalue weighted by atomic mass is 10.0. The average Bonchev–Trinajstić information content (AvgIpc) is 2.85. The van der Waals surface area contributed by atoms with E-state index in [1.807, 2.05) is 49.4 Å². The van der Waals surface area contributed by atoms with Gasteiger partial charge < -0.3 is 9.64 Å². The topological polar surface area (TPSA) is 76.8 Å². The number of fused-ring (bicyclic) bond motifs is 1. The van der Waals surface area contributed by atoms with Crippen LogP contribution < -0.4 is 10.5 Å². The zero-order chi connectivity index (χ0) is 22.9. The van der Waals surface area contributed by atoms with Crippen LogP contribution in [0.4, 0.5) is 11.4 Å². The average molecular weight is 505 g/mol. The van der Waals surface area contributed by atoms with Crippen molar-refractivity contribution in [2.75, 3.05) is 31.2 Å². The molecular weight excluding hydrogens is 484 g/mol. The van der Waals surface area contributed by atoms with Gasteiger partial charge in [0.25, 0.3) is 5.56 Å². The Hall–Kier alpha value is -3.36. The first-order valence-corrected chi connectivity index (χ1v) is 11.4. The molecule has 0 radical (unpaired) electrons. The van der Waals surface area contributed by atoms with Gasteiger partial charge in [-0.3, -0.25) is 4.79 Å². The highest BCUT2D eigenvalue weighted by Gasteiger charge is 2.21. The molecule has 0 saturated carbocycles. The number of nitrogens with zero attached hydrogens (tertiary/aromatic N) is 4. The van der Waals surface area contributed by atoms with Crippen LogP contribution in [0.2, 0.25) is 0 Å². The predicted molar refractivity (Wildman–Crippen MR) is 134 cm³/mol. The number of aryl methyl sites for hydroxylation is 1. The van der Waals surface area contributed by atoms with Crippen LogP contribution in [-0.2, 0) is 4.74 Å². The smallest absolute Gasteiger partial charge is 0.279 e. The number of aromatic nitrogens is 2. The monoisotopic (exact) mass is 504 g/mol. The van der Waals surface area contributed by atoms with Gasteiger partial charge in [0.2, 0.25) is 0 Å². The zero-order valence-electron chi connectivity index (χ0n) is 18.0. The largest absolute Gasteiger partial charge is 0.378 e. The van der Waals surface area contributed by atoms with Gasteiger partial charge in [0.05, 0.1) is 30.0 Å². The second kappa shape index (κ2) is 8.88. The molecule has 1 aliphatic heterocycles. The van der Waals surface area contributed by atoms with Gasteiger partial charge in [-0.2, -0.15) is 9.78 Å². The molecule has 5 rings (SSSR count). The summed E-state index contributed by atoms with van der Waals surface area (Å²) in [6.45, 7) is 4.66. The van der Waals surface area contributed by atoms with Crippen LogP contribution >= 0.6 is 15.9 Å². The molecule has 1 fully saturated rings. The predicted octanol–water partition coefficient (Wildman–Crippen LogP) is 5.36. The summed E-state index contributed by atoms with van der Waals surface area (Å²) in [5.41, 5.74) is 3.69. The summed E-state index contributed by atoms with van der Waals surface area (Å²) in [7, 11) is 0. The molecule has 1 aliphatic rings. The molecule has 7 nitrogen and oxygen atoms in total. The summed E-state index contributed by atoms with van der Waals surface area (Å²) in [4.78, 5) is 27.5. The van der Waals surface area contributed by atoms with Crippen molar-refractivity contribution < 1.29 is 4.74 Å². The van der Waals surface area contributed by atoms with Crippen LogP contribution in [0.1, 0.15) is 5.56 Å². The first kappa shape index (κ1) is 21.5. The Labute approximate surface area is 198 Å². The molecule has 2 heterocycles. The van der Waals surface area contributed by atoms with E-state index < -0.39 is 0 Å². The SMILES string of the molecule is Cc1cccc(-c2nn(-c3cc(N4CCOCC4)c(Br)cc3N=O)c(=O)c3ccccc23)c1. The maximum absolute atomic E-state index is 13.5. The van der Waals surface area contributed by atoms with Gasteiger partial charge in [-0.25, -0.2) is 0 Å². The molecule has 0 unspecified atom stereocenters. The van der Waals surface area contributed by atoms with E-state index in [9.17, 15) is 9.70 Å². The molecule has 0 N–H and O–H groups in total. The van der Waals surface area contributed by atoms with Crippen LogP contribution in [0.5, 0.6) is 0 Å². The van der Waals surface area contributed by atoms with E-state index in [-0.39, 0.29) is 11.2 Å². The Balaban J connectivity index is 1.79. The maximum atomic E-state index is 13.5. The van der Waals surface area contributed by atoms with Gasteiger partial charge >= 0.3 is 0 Å². The van der Waals surface area contributed by atoms with Crippen molar-refractivity contribution >= 4 is 38.1 Å². The lowest BCUT2D eigenvalue weighted by Gasteiger charge is -2.30. The molecule has 0 spiro atoms. The number of hydrogen-bond acceptors (Lipinski definition) is 6. The minimum Gasteiger partial charge on any atom is -0.378 e. The standard InChI is InChI=1S/C25H21BrN4O3/c1-16-5-4-6-17(13-16)24-18-7-2-3-8-19(18)25(31)30(27-24)23-15-22(20(26)14-21(23)28-32)29-9-11-33-12-10-29/h2-8,13-15H,9-12H2,1H3. The maximum Gasteiger partial charge on any atom is 0.279 e. The highest BCUT2D eigenvalue weighted by molar-refractivity contribution is 9.10. The number of benzene rings is 3. The molecule has 0 amide bonds. The lowest BCUT2D eigenvalue weighted by molar-refractivity contribution is 0.122. The Morgan fingerprint density at radius 1 is 0.970 bits per heavy atom. The van der Waals surface area contributed by atoms with E-state index in [1.165, 1.54) is 4.68 Å². The van der Waals surface area contributed by atoms with Crippen molar-refractivity contribution in [1.29, 1.82) is 0 Å². The molecule has 33 heavy (non-hydrogen) atoms. The van der Waals surface area contributed by atoms with Crippen LogP contribution in [0.15, 0.2) is 75.1 Å². The number of morpholine rings is 1.